The molecule has 100 valence electrons. The van der Waals surface area contributed by atoms with E-state index < -0.39 is 0 Å². The van der Waals surface area contributed by atoms with E-state index in [0.29, 0.717) is 25.0 Å². The number of nitrogens with zero attached hydrogens (tertiary/aromatic N) is 2. The maximum Gasteiger partial charge on any atom is 0.219 e. The average Bonchev–Trinajstić information content (AvgIpc) is 3.20. The summed E-state index contributed by atoms with van der Waals surface area (Å²) in [6.45, 7) is 5.23. The third-order valence-electron chi connectivity index (χ3n) is 2.80. The van der Waals surface area contributed by atoms with Gasteiger partial charge in [0.05, 0.1) is 6.61 Å². The van der Waals surface area contributed by atoms with Gasteiger partial charge in [0.15, 0.2) is 0 Å². The minimum absolute atomic E-state index is 0.00314. The van der Waals surface area contributed by atoms with E-state index in [2.05, 4.69) is 15.3 Å². The van der Waals surface area contributed by atoms with Gasteiger partial charge in [-0.3, -0.25) is 0 Å². The van der Waals surface area contributed by atoms with E-state index in [4.69, 9.17) is 9.47 Å². The van der Waals surface area contributed by atoms with Gasteiger partial charge >= 0.3 is 0 Å². The molecule has 1 aliphatic rings. The van der Waals surface area contributed by atoms with Gasteiger partial charge in [0.25, 0.3) is 0 Å². The summed E-state index contributed by atoms with van der Waals surface area (Å²) in [6.07, 6.45) is 2.36. The highest BCUT2D eigenvalue weighted by Gasteiger charge is 2.27. The van der Waals surface area contributed by atoms with E-state index in [1.165, 1.54) is 12.8 Å². The summed E-state index contributed by atoms with van der Waals surface area (Å²) in [5.74, 6) is 2.84. The maximum atomic E-state index is 5.76. The van der Waals surface area contributed by atoms with E-state index in [1.54, 1.807) is 0 Å². The highest BCUT2D eigenvalue weighted by molar-refractivity contribution is 5.38. The van der Waals surface area contributed by atoms with Crippen LogP contribution >= 0.6 is 0 Å². The minimum Gasteiger partial charge on any atom is -0.472 e. The molecule has 1 aromatic rings. The Labute approximate surface area is 108 Å². The van der Waals surface area contributed by atoms with Gasteiger partial charge in [0.1, 0.15) is 17.7 Å². The van der Waals surface area contributed by atoms with Gasteiger partial charge in [0.2, 0.25) is 5.88 Å². The third kappa shape index (κ3) is 3.57. The molecular weight excluding hydrogens is 230 g/mol. The number of anilines is 1. The van der Waals surface area contributed by atoms with Crippen molar-refractivity contribution in [3.63, 3.8) is 0 Å². The molecule has 0 aromatic carbocycles. The molecule has 0 bridgehead atoms. The molecular formula is C13H21N3O2. The molecule has 1 fully saturated rings. The molecule has 1 heterocycles. The molecule has 1 N–H and O–H groups in total. The van der Waals surface area contributed by atoms with E-state index >= 15 is 0 Å². The molecule has 0 radical (unpaired) electrons. The Balaban J connectivity index is 2.04. The van der Waals surface area contributed by atoms with Crippen LogP contribution in [0.25, 0.3) is 0 Å². The molecule has 1 aliphatic carbocycles. The lowest BCUT2D eigenvalue weighted by atomic mass is 10.4. The van der Waals surface area contributed by atoms with Gasteiger partial charge < -0.3 is 14.8 Å². The number of aromatic nitrogens is 2. The zero-order chi connectivity index (χ0) is 13.0. The van der Waals surface area contributed by atoms with Crippen molar-refractivity contribution < 1.29 is 9.47 Å². The molecule has 5 heteroatoms. The Morgan fingerprint density at radius 3 is 2.83 bits per heavy atom. The first kappa shape index (κ1) is 13.1. The van der Waals surface area contributed by atoms with Crippen molar-refractivity contribution in [2.45, 2.75) is 38.7 Å². The van der Waals surface area contributed by atoms with Crippen molar-refractivity contribution in [2.75, 3.05) is 25.6 Å². The molecule has 0 aliphatic heterocycles. The van der Waals surface area contributed by atoms with Crippen molar-refractivity contribution >= 4 is 5.82 Å². The normalized spacial score (nSPS) is 16.4. The summed E-state index contributed by atoms with van der Waals surface area (Å²) in [7, 11) is 1.85. The van der Waals surface area contributed by atoms with Gasteiger partial charge in [-0.15, -0.1) is 0 Å². The van der Waals surface area contributed by atoms with Gasteiger partial charge in [-0.05, 0) is 26.7 Å². The second-order valence-electron chi connectivity index (χ2n) is 4.56. The number of hydrogen-bond donors (Lipinski definition) is 1. The molecule has 1 unspecified atom stereocenters. The van der Waals surface area contributed by atoms with Crippen LogP contribution in [0.15, 0.2) is 6.07 Å². The highest BCUT2D eigenvalue weighted by Crippen LogP contribution is 2.39. The quantitative estimate of drug-likeness (QED) is 0.805. The van der Waals surface area contributed by atoms with Crippen LogP contribution in [-0.4, -0.2) is 36.3 Å². The van der Waals surface area contributed by atoms with Gasteiger partial charge in [0, 0.05) is 25.6 Å². The van der Waals surface area contributed by atoms with Crippen LogP contribution in [0.4, 0.5) is 5.82 Å². The first-order valence-corrected chi connectivity index (χ1v) is 6.54. The molecule has 1 aromatic heterocycles. The summed E-state index contributed by atoms with van der Waals surface area (Å²) in [6, 6.07) is 1.83. The summed E-state index contributed by atoms with van der Waals surface area (Å²) in [4.78, 5) is 8.91. The van der Waals surface area contributed by atoms with E-state index in [1.807, 2.05) is 27.0 Å². The van der Waals surface area contributed by atoms with Crippen molar-refractivity contribution in [2.24, 2.45) is 0 Å². The zero-order valence-electron chi connectivity index (χ0n) is 11.3. The van der Waals surface area contributed by atoms with Crippen LogP contribution in [0.5, 0.6) is 5.88 Å². The maximum absolute atomic E-state index is 5.76. The Morgan fingerprint density at radius 2 is 2.22 bits per heavy atom. The second kappa shape index (κ2) is 6.00. The molecule has 0 saturated heterocycles. The summed E-state index contributed by atoms with van der Waals surface area (Å²) >= 11 is 0. The number of hydrogen-bond acceptors (Lipinski definition) is 5. The summed E-state index contributed by atoms with van der Waals surface area (Å²) in [5, 5.41) is 3.04. The molecule has 1 saturated carbocycles. The SMILES string of the molecule is CCOCC(C)Oc1cc(NC)nc(C2CC2)n1. The van der Waals surface area contributed by atoms with Crippen LogP contribution in [0.3, 0.4) is 0 Å². The molecule has 1 atom stereocenters. The minimum atomic E-state index is -0.00314. The van der Waals surface area contributed by atoms with Crippen LogP contribution < -0.4 is 10.1 Å². The summed E-state index contributed by atoms with van der Waals surface area (Å²) in [5.41, 5.74) is 0. The van der Waals surface area contributed by atoms with Crippen LogP contribution in [0, 0.1) is 0 Å². The Hall–Kier alpha value is -1.36. The molecule has 0 spiro atoms. The predicted molar refractivity (Wildman–Crippen MR) is 70.1 cm³/mol. The van der Waals surface area contributed by atoms with Crippen molar-refractivity contribution in [1.82, 2.24) is 9.97 Å². The second-order valence-corrected chi connectivity index (χ2v) is 4.56. The average molecular weight is 251 g/mol. The fraction of sp³-hybridized carbons (Fsp3) is 0.692. The summed E-state index contributed by atoms with van der Waals surface area (Å²) < 4.78 is 11.1. The van der Waals surface area contributed by atoms with E-state index in [-0.39, 0.29) is 6.10 Å². The van der Waals surface area contributed by atoms with Gasteiger partial charge in [-0.2, -0.15) is 4.98 Å². The van der Waals surface area contributed by atoms with Crippen LogP contribution in [0.2, 0.25) is 0 Å². The monoisotopic (exact) mass is 251 g/mol. The first-order valence-electron chi connectivity index (χ1n) is 6.54. The van der Waals surface area contributed by atoms with E-state index in [9.17, 15) is 0 Å². The van der Waals surface area contributed by atoms with Crippen LogP contribution in [-0.2, 0) is 4.74 Å². The standard InChI is InChI=1S/C13H21N3O2/c1-4-17-8-9(2)18-12-7-11(14-3)15-13(16-12)10-5-6-10/h7,9-10H,4-6,8H2,1-3H3,(H,14,15,16). The fourth-order valence-corrected chi connectivity index (χ4v) is 1.68. The largest absolute Gasteiger partial charge is 0.472 e. The van der Waals surface area contributed by atoms with Crippen LogP contribution in [0.1, 0.15) is 38.4 Å². The Bertz CT molecular complexity index is 394. The molecule has 5 nitrogen and oxygen atoms in total. The van der Waals surface area contributed by atoms with E-state index in [0.717, 1.165) is 11.6 Å². The molecule has 2 rings (SSSR count). The van der Waals surface area contributed by atoms with Crippen molar-refractivity contribution in [3.8, 4) is 5.88 Å². The Morgan fingerprint density at radius 1 is 1.44 bits per heavy atom. The van der Waals surface area contributed by atoms with Gasteiger partial charge in [-0.25, -0.2) is 4.98 Å². The number of ether oxygens (including phenoxy) is 2. The fourth-order valence-electron chi connectivity index (χ4n) is 1.68. The highest BCUT2D eigenvalue weighted by atomic mass is 16.5. The topological polar surface area (TPSA) is 56.3 Å². The lowest BCUT2D eigenvalue weighted by molar-refractivity contribution is 0.0632. The van der Waals surface area contributed by atoms with Crippen molar-refractivity contribution in [1.29, 1.82) is 0 Å². The molecule has 18 heavy (non-hydrogen) atoms. The first-order chi connectivity index (χ1) is 8.72. The molecule has 0 amide bonds. The van der Waals surface area contributed by atoms with Gasteiger partial charge in [-0.1, -0.05) is 0 Å². The number of nitrogens with one attached hydrogen (secondary N) is 1. The van der Waals surface area contributed by atoms with Crippen molar-refractivity contribution in [3.05, 3.63) is 11.9 Å². The predicted octanol–water partition coefficient (Wildman–Crippen LogP) is 2.20. The lowest BCUT2D eigenvalue weighted by Gasteiger charge is -2.15. The lowest BCUT2D eigenvalue weighted by Crippen LogP contribution is -2.20. The smallest absolute Gasteiger partial charge is 0.219 e. The number of rotatable bonds is 7. The Kier molecular flexibility index (Phi) is 4.36. The zero-order valence-corrected chi connectivity index (χ0v) is 11.3. The third-order valence-corrected chi connectivity index (χ3v) is 2.80.